The zero-order valence-corrected chi connectivity index (χ0v) is 14.2. The number of ether oxygens (including phenoxy) is 1. The predicted octanol–water partition coefficient (Wildman–Crippen LogP) is 3.88. The van der Waals surface area contributed by atoms with Crippen molar-refractivity contribution in [3.63, 3.8) is 0 Å². The van der Waals surface area contributed by atoms with Gasteiger partial charge in [0.15, 0.2) is 5.96 Å². The van der Waals surface area contributed by atoms with Gasteiger partial charge < -0.3 is 15.8 Å². The minimum atomic E-state index is 0.372. The molecule has 0 aliphatic heterocycles. The number of nitrogens with two attached hydrogens (primary N) is 1. The summed E-state index contributed by atoms with van der Waals surface area (Å²) in [6.07, 6.45) is 1.91. The number of hydrogen-bond acceptors (Lipinski definition) is 2. The van der Waals surface area contributed by atoms with E-state index in [1.807, 2.05) is 6.07 Å². The molecule has 0 bridgehead atoms. The van der Waals surface area contributed by atoms with Crippen LogP contribution >= 0.6 is 11.6 Å². The van der Waals surface area contributed by atoms with Crippen molar-refractivity contribution in [1.82, 2.24) is 0 Å². The van der Waals surface area contributed by atoms with Gasteiger partial charge in [-0.2, -0.15) is 0 Å². The summed E-state index contributed by atoms with van der Waals surface area (Å²) in [5.41, 5.74) is 9.28. The lowest BCUT2D eigenvalue weighted by Gasteiger charge is -2.08. The van der Waals surface area contributed by atoms with Gasteiger partial charge in [-0.1, -0.05) is 42.8 Å². The van der Waals surface area contributed by atoms with Crippen molar-refractivity contribution in [1.29, 1.82) is 0 Å². The largest absolute Gasteiger partial charge is 0.495 e. The van der Waals surface area contributed by atoms with Gasteiger partial charge in [-0.15, -0.1) is 0 Å². The second-order valence-corrected chi connectivity index (χ2v) is 5.57. The van der Waals surface area contributed by atoms with Crippen LogP contribution in [0.15, 0.2) is 47.5 Å². The van der Waals surface area contributed by atoms with E-state index in [2.05, 4.69) is 41.5 Å². The molecule has 2 rings (SSSR count). The number of hydrogen-bond donors (Lipinski definition) is 2. The van der Waals surface area contributed by atoms with Crippen LogP contribution in [0, 0.1) is 0 Å². The summed E-state index contributed by atoms with van der Waals surface area (Å²) in [5.74, 6) is 1.000. The SMILES string of the molecule is CCc1ccc(CCN=C(N)Nc2ccc(OC)c(Cl)c2)cc1. The highest BCUT2D eigenvalue weighted by molar-refractivity contribution is 6.32. The molecule has 2 aromatic rings. The van der Waals surface area contributed by atoms with E-state index in [-0.39, 0.29) is 0 Å². The molecule has 0 heterocycles. The Bertz CT molecular complexity index is 668. The van der Waals surface area contributed by atoms with E-state index < -0.39 is 0 Å². The van der Waals surface area contributed by atoms with Gasteiger partial charge in [0.1, 0.15) is 5.75 Å². The van der Waals surface area contributed by atoms with Crippen LogP contribution in [0.5, 0.6) is 5.75 Å². The molecule has 0 aliphatic carbocycles. The highest BCUT2D eigenvalue weighted by atomic mass is 35.5. The van der Waals surface area contributed by atoms with Crippen LogP contribution < -0.4 is 15.8 Å². The van der Waals surface area contributed by atoms with Crippen molar-refractivity contribution in [3.8, 4) is 5.75 Å². The van der Waals surface area contributed by atoms with E-state index in [0.29, 0.717) is 23.3 Å². The van der Waals surface area contributed by atoms with Crippen molar-refractivity contribution in [2.45, 2.75) is 19.8 Å². The van der Waals surface area contributed by atoms with Gasteiger partial charge in [0, 0.05) is 12.2 Å². The van der Waals surface area contributed by atoms with E-state index >= 15 is 0 Å². The Balaban J connectivity index is 1.88. The number of benzene rings is 2. The molecule has 0 saturated heterocycles. The first kappa shape index (κ1) is 17.2. The third kappa shape index (κ3) is 5.18. The Labute approximate surface area is 142 Å². The lowest BCUT2D eigenvalue weighted by molar-refractivity contribution is 0.415. The first-order chi connectivity index (χ1) is 11.1. The van der Waals surface area contributed by atoms with Crippen molar-refractivity contribution < 1.29 is 4.74 Å². The standard InChI is InChI=1S/C18H22ClN3O/c1-3-13-4-6-14(7-5-13)10-11-21-18(20)22-15-8-9-17(23-2)16(19)12-15/h4-9,12H,3,10-11H2,1-2H3,(H3,20,21,22). The van der Waals surface area contributed by atoms with Crippen molar-refractivity contribution >= 4 is 23.2 Å². The van der Waals surface area contributed by atoms with E-state index in [1.165, 1.54) is 11.1 Å². The maximum absolute atomic E-state index is 6.08. The number of aliphatic imine (C=N–C) groups is 1. The Kier molecular flexibility index (Phi) is 6.29. The van der Waals surface area contributed by atoms with Crippen molar-refractivity contribution in [2.75, 3.05) is 19.0 Å². The monoisotopic (exact) mass is 331 g/mol. The van der Waals surface area contributed by atoms with Gasteiger partial charge in [0.05, 0.1) is 12.1 Å². The maximum atomic E-state index is 6.08. The second-order valence-electron chi connectivity index (χ2n) is 5.16. The fourth-order valence-corrected chi connectivity index (χ4v) is 2.44. The molecule has 122 valence electrons. The van der Waals surface area contributed by atoms with Crippen LogP contribution in [0.1, 0.15) is 18.1 Å². The molecule has 0 aliphatic rings. The Hall–Kier alpha value is -2.20. The molecule has 2 aromatic carbocycles. The molecular formula is C18H22ClN3O. The van der Waals surface area contributed by atoms with Crippen LogP contribution in [-0.4, -0.2) is 19.6 Å². The fourth-order valence-electron chi connectivity index (χ4n) is 2.18. The average Bonchev–Trinajstić information content (AvgIpc) is 2.55. The molecule has 0 aromatic heterocycles. The van der Waals surface area contributed by atoms with Crippen LogP contribution in [0.2, 0.25) is 5.02 Å². The third-order valence-electron chi connectivity index (χ3n) is 3.54. The summed E-state index contributed by atoms with van der Waals surface area (Å²) < 4.78 is 5.11. The number of rotatable bonds is 6. The maximum Gasteiger partial charge on any atom is 0.193 e. The predicted molar refractivity (Wildman–Crippen MR) is 97.6 cm³/mol. The van der Waals surface area contributed by atoms with E-state index in [0.717, 1.165) is 18.5 Å². The topological polar surface area (TPSA) is 59.6 Å². The zero-order valence-electron chi connectivity index (χ0n) is 13.5. The highest BCUT2D eigenvalue weighted by Gasteiger charge is 2.02. The van der Waals surface area contributed by atoms with E-state index in [9.17, 15) is 0 Å². The van der Waals surface area contributed by atoms with E-state index in [1.54, 1.807) is 19.2 Å². The van der Waals surface area contributed by atoms with E-state index in [4.69, 9.17) is 22.1 Å². The highest BCUT2D eigenvalue weighted by Crippen LogP contribution is 2.26. The van der Waals surface area contributed by atoms with Crippen LogP contribution in [0.25, 0.3) is 0 Å². The number of aryl methyl sites for hydroxylation is 1. The van der Waals surface area contributed by atoms with Crippen LogP contribution in [0.3, 0.4) is 0 Å². The first-order valence-corrected chi connectivity index (χ1v) is 7.98. The summed E-state index contributed by atoms with van der Waals surface area (Å²) in [5, 5.41) is 3.56. The van der Waals surface area contributed by atoms with Gasteiger partial charge >= 0.3 is 0 Å². The first-order valence-electron chi connectivity index (χ1n) is 7.60. The van der Waals surface area contributed by atoms with Crippen LogP contribution in [0.4, 0.5) is 5.69 Å². The average molecular weight is 332 g/mol. The molecule has 23 heavy (non-hydrogen) atoms. The third-order valence-corrected chi connectivity index (χ3v) is 3.83. The number of guanidine groups is 1. The summed E-state index contributed by atoms with van der Waals surface area (Å²) in [7, 11) is 1.58. The molecule has 0 spiro atoms. The summed E-state index contributed by atoms with van der Waals surface area (Å²) >= 11 is 6.08. The Morgan fingerprint density at radius 1 is 1.17 bits per heavy atom. The molecule has 0 unspecified atom stereocenters. The minimum absolute atomic E-state index is 0.372. The molecule has 0 fully saturated rings. The lowest BCUT2D eigenvalue weighted by Crippen LogP contribution is -2.23. The Morgan fingerprint density at radius 3 is 2.48 bits per heavy atom. The Morgan fingerprint density at radius 2 is 1.87 bits per heavy atom. The van der Waals surface area contributed by atoms with Gasteiger partial charge in [-0.3, -0.25) is 4.99 Å². The summed E-state index contributed by atoms with van der Waals surface area (Å²) in [4.78, 5) is 4.34. The smallest absolute Gasteiger partial charge is 0.193 e. The van der Waals surface area contributed by atoms with Gasteiger partial charge in [-0.25, -0.2) is 0 Å². The lowest BCUT2D eigenvalue weighted by atomic mass is 10.1. The quantitative estimate of drug-likeness (QED) is 0.623. The molecule has 0 saturated carbocycles. The number of nitrogens with one attached hydrogen (secondary N) is 1. The summed E-state index contributed by atoms with van der Waals surface area (Å²) in [6, 6.07) is 14.0. The number of methoxy groups -OCH3 is 1. The van der Waals surface area contributed by atoms with Crippen LogP contribution in [-0.2, 0) is 12.8 Å². The molecule has 5 heteroatoms. The fraction of sp³-hybridized carbons (Fsp3) is 0.278. The number of anilines is 1. The molecule has 0 atom stereocenters. The van der Waals surface area contributed by atoms with Gasteiger partial charge in [0.2, 0.25) is 0 Å². The normalized spacial score (nSPS) is 11.3. The minimum Gasteiger partial charge on any atom is -0.495 e. The van der Waals surface area contributed by atoms with Crippen molar-refractivity contribution in [3.05, 3.63) is 58.6 Å². The molecule has 0 radical (unpaired) electrons. The number of halogens is 1. The van der Waals surface area contributed by atoms with Gasteiger partial charge in [0.25, 0.3) is 0 Å². The zero-order chi connectivity index (χ0) is 16.7. The molecule has 0 amide bonds. The number of nitrogens with zero attached hydrogens (tertiary/aromatic N) is 1. The van der Waals surface area contributed by atoms with Crippen molar-refractivity contribution in [2.24, 2.45) is 10.7 Å². The summed E-state index contributed by atoms with van der Waals surface area (Å²) in [6.45, 7) is 2.78. The van der Waals surface area contributed by atoms with Gasteiger partial charge in [-0.05, 0) is 42.2 Å². The molecule has 3 N–H and O–H groups in total. The molecule has 4 nitrogen and oxygen atoms in total. The second kappa shape index (κ2) is 8.44. The molecular weight excluding hydrogens is 310 g/mol.